The van der Waals surface area contributed by atoms with Gasteiger partial charge in [0.1, 0.15) is 11.2 Å². The molecule has 0 fully saturated rings. The Bertz CT molecular complexity index is 2510. The zero-order valence-electron chi connectivity index (χ0n) is 25.1. The molecule has 216 valence electrons. The first-order valence-corrected chi connectivity index (χ1v) is 15.7. The minimum atomic E-state index is 0.888. The second kappa shape index (κ2) is 10.8. The van der Waals surface area contributed by atoms with E-state index in [1.165, 1.54) is 38.4 Å². The number of fused-ring (bicyclic) bond motifs is 6. The van der Waals surface area contributed by atoms with E-state index in [0.717, 1.165) is 44.4 Å². The van der Waals surface area contributed by atoms with Gasteiger partial charge in [-0.15, -0.1) is 0 Å². The number of benzene rings is 8. The van der Waals surface area contributed by atoms with Gasteiger partial charge in [-0.2, -0.15) is 0 Å². The molecule has 8 aromatic carbocycles. The van der Waals surface area contributed by atoms with Gasteiger partial charge in [-0.25, -0.2) is 0 Å². The normalized spacial score (nSPS) is 11.5. The fourth-order valence-corrected chi connectivity index (χ4v) is 6.84. The molecule has 1 heterocycles. The molecule has 0 saturated heterocycles. The van der Waals surface area contributed by atoms with Gasteiger partial charge in [-0.05, 0) is 75.5 Å². The van der Waals surface area contributed by atoms with Crippen molar-refractivity contribution in [2.75, 3.05) is 4.90 Å². The van der Waals surface area contributed by atoms with Crippen molar-refractivity contribution in [2.24, 2.45) is 0 Å². The van der Waals surface area contributed by atoms with E-state index in [9.17, 15) is 0 Å². The van der Waals surface area contributed by atoms with Crippen LogP contribution in [0.2, 0.25) is 0 Å². The summed E-state index contributed by atoms with van der Waals surface area (Å²) in [6.07, 6.45) is 0. The van der Waals surface area contributed by atoms with Crippen LogP contribution >= 0.6 is 0 Å². The topological polar surface area (TPSA) is 16.4 Å². The first kappa shape index (κ1) is 26.3. The van der Waals surface area contributed by atoms with E-state index < -0.39 is 0 Å². The molecular formula is C44H29NO. The number of anilines is 3. The van der Waals surface area contributed by atoms with Crippen LogP contribution in [0.4, 0.5) is 17.1 Å². The second-order valence-electron chi connectivity index (χ2n) is 11.7. The van der Waals surface area contributed by atoms with Gasteiger partial charge in [-0.1, -0.05) is 133 Å². The molecule has 2 heteroatoms. The quantitative estimate of drug-likeness (QED) is 0.199. The molecule has 0 amide bonds. The molecule has 0 bridgehead atoms. The van der Waals surface area contributed by atoms with Crippen molar-refractivity contribution in [3.8, 4) is 22.3 Å². The van der Waals surface area contributed by atoms with Crippen molar-refractivity contribution in [3.05, 3.63) is 176 Å². The molecule has 0 spiro atoms. The van der Waals surface area contributed by atoms with Crippen LogP contribution in [0.5, 0.6) is 0 Å². The highest BCUT2D eigenvalue weighted by molar-refractivity contribution is 6.16. The molecule has 0 atom stereocenters. The van der Waals surface area contributed by atoms with Crippen LogP contribution in [0.25, 0.3) is 65.7 Å². The lowest BCUT2D eigenvalue weighted by Gasteiger charge is -2.28. The number of hydrogen-bond donors (Lipinski definition) is 0. The highest BCUT2D eigenvalue weighted by Crippen LogP contribution is 2.44. The van der Waals surface area contributed by atoms with Crippen LogP contribution in [0.15, 0.2) is 180 Å². The van der Waals surface area contributed by atoms with E-state index in [4.69, 9.17) is 4.42 Å². The van der Waals surface area contributed by atoms with Crippen molar-refractivity contribution < 1.29 is 4.42 Å². The molecule has 0 aliphatic rings. The Labute approximate surface area is 267 Å². The molecule has 0 saturated carbocycles. The average Bonchev–Trinajstić information content (AvgIpc) is 3.51. The van der Waals surface area contributed by atoms with Crippen LogP contribution in [-0.2, 0) is 0 Å². The number of rotatable bonds is 5. The number of hydrogen-bond acceptors (Lipinski definition) is 2. The smallest absolute Gasteiger partial charge is 0.143 e. The second-order valence-corrected chi connectivity index (χ2v) is 11.7. The summed E-state index contributed by atoms with van der Waals surface area (Å²) in [5.41, 5.74) is 9.95. The summed E-state index contributed by atoms with van der Waals surface area (Å²) in [6.45, 7) is 0. The van der Waals surface area contributed by atoms with Crippen molar-refractivity contribution in [3.63, 3.8) is 0 Å². The lowest BCUT2D eigenvalue weighted by molar-refractivity contribution is 0.672. The standard InChI is InChI=1S/C44H29NO/c1-3-11-30(12-4-1)31-19-22-34(23-20-31)45(42-27-26-36(32-13-5-2-6-14-32)38-17-9-10-18-39(38)42)35-24-28-43-41(29-35)40-25-21-33-15-7-8-16-37(33)44(40)46-43/h1-29H. The summed E-state index contributed by atoms with van der Waals surface area (Å²) in [7, 11) is 0. The summed E-state index contributed by atoms with van der Waals surface area (Å²) < 4.78 is 6.49. The van der Waals surface area contributed by atoms with E-state index in [2.05, 4.69) is 181 Å². The molecule has 46 heavy (non-hydrogen) atoms. The molecule has 0 N–H and O–H groups in total. The molecule has 0 aliphatic heterocycles. The zero-order chi connectivity index (χ0) is 30.5. The highest BCUT2D eigenvalue weighted by atomic mass is 16.3. The van der Waals surface area contributed by atoms with E-state index in [-0.39, 0.29) is 0 Å². The molecule has 0 radical (unpaired) electrons. The highest BCUT2D eigenvalue weighted by Gasteiger charge is 2.19. The number of nitrogens with zero attached hydrogens (tertiary/aromatic N) is 1. The minimum absolute atomic E-state index is 0.888. The molecule has 9 rings (SSSR count). The van der Waals surface area contributed by atoms with Gasteiger partial charge in [-0.3, -0.25) is 0 Å². The van der Waals surface area contributed by atoms with Crippen LogP contribution in [0, 0.1) is 0 Å². The van der Waals surface area contributed by atoms with Crippen molar-refractivity contribution in [1.29, 1.82) is 0 Å². The molecular weight excluding hydrogens is 558 g/mol. The van der Waals surface area contributed by atoms with Crippen molar-refractivity contribution >= 4 is 60.5 Å². The van der Waals surface area contributed by atoms with E-state index >= 15 is 0 Å². The summed E-state index contributed by atoms with van der Waals surface area (Å²) in [4.78, 5) is 2.38. The first-order valence-electron chi connectivity index (χ1n) is 15.7. The van der Waals surface area contributed by atoms with Crippen LogP contribution in [-0.4, -0.2) is 0 Å². The fourth-order valence-electron chi connectivity index (χ4n) is 6.84. The van der Waals surface area contributed by atoms with Crippen LogP contribution < -0.4 is 4.90 Å². The maximum absolute atomic E-state index is 6.49. The monoisotopic (exact) mass is 587 g/mol. The van der Waals surface area contributed by atoms with Gasteiger partial charge >= 0.3 is 0 Å². The van der Waals surface area contributed by atoms with E-state index in [0.29, 0.717) is 0 Å². The predicted molar refractivity (Wildman–Crippen MR) is 194 cm³/mol. The summed E-state index contributed by atoms with van der Waals surface area (Å²) >= 11 is 0. The van der Waals surface area contributed by atoms with E-state index in [1.54, 1.807) is 0 Å². The third-order valence-electron chi connectivity index (χ3n) is 9.06. The van der Waals surface area contributed by atoms with E-state index in [1.807, 2.05) is 0 Å². The Kier molecular flexibility index (Phi) is 6.17. The maximum atomic E-state index is 6.49. The Balaban J connectivity index is 1.27. The SMILES string of the molecule is c1ccc(-c2ccc(N(c3ccc4oc5c6ccccc6ccc5c4c3)c3ccc(-c4ccccc4)c4ccccc34)cc2)cc1. The third kappa shape index (κ3) is 4.35. The molecule has 9 aromatic rings. The van der Waals surface area contributed by atoms with Gasteiger partial charge in [0.25, 0.3) is 0 Å². The first-order chi connectivity index (χ1) is 22.8. The minimum Gasteiger partial charge on any atom is -0.455 e. The van der Waals surface area contributed by atoms with Crippen molar-refractivity contribution in [2.45, 2.75) is 0 Å². The molecule has 2 nitrogen and oxygen atoms in total. The van der Waals surface area contributed by atoms with Crippen LogP contribution in [0.1, 0.15) is 0 Å². The van der Waals surface area contributed by atoms with Crippen molar-refractivity contribution in [1.82, 2.24) is 0 Å². The summed E-state index contributed by atoms with van der Waals surface area (Å²) in [5.74, 6) is 0. The Morgan fingerprint density at radius 1 is 0.370 bits per heavy atom. The summed E-state index contributed by atoms with van der Waals surface area (Å²) in [5, 5.41) is 6.96. The molecule has 1 aromatic heterocycles. The van der Waals surface area contributed by atoms with Gasteiger partial charge < -0.3 is 9.32 Å². The van der Waals surface area contributed by atoms with Crippen LogP contribution in [0.3, 0.4) is 0 Å². The largest absolute Gasteiger partial charge is 0.455 e. The lowest BCUT2D eigenvalue weighted by Crippen LogP contribution is -2.10. The summed E-state index contributed by atoms with van der Waals surface area (Å²) in [6, 6.07) is 62.7. The number of furan rings is 1. The molecule has 0 unspecified atom stereocenters. The fraction of sp³-hybridized carbons (Fsp3) is 0. The Morgan fingerprint density at radius 2 is 1.00 bits per heavy atom. The third-order valence-corrected chi connectivity index (χ3v) is 9.06. The van der Waals surface area contributed by atoms with Gasteiger partial charge in [0, 0.05) is 32.9 Å². The van der Waals surface area contributed by atoms with Gasteiger partial charge in [0.05, 0.1) is 5.69 Å². The zero-order valence-corrected chi connectivity index (χ0v) is 25.1. The Hall–Kier alpha value is -6.12. The van der Waals surface area contributed by atoms with Gasteiger partial charge in [0.2, 0.25) is 0 Å². The average molecular weight is 588 g/mol. The maximum Gasteiger partial charge on any atom is 0.143 e. The Morgan fingerprint density at radius 3 is 1.78 bits per heavy atom. The predicted octanol–water partition coefficient (Wildman–Crippen LogP) is 12.7. The lowest BCUT2D eigenvalue weighted by atomic mass is 9.96. The van der Waals surface area contributed by atoms with Gasteiger partial charge in [0.15, 0.2) is 0 Å². The molecule has 0 aliphatic carbocycles.